The van der Waals surface area contributed by atoms with Crippen molar-refractivity contribution in [2.24, 2.45) is 0 Å². The van der Waals surface area contributed by atoms with Gasteiger partial charge in [0.25, 0.3) is 0 Å². The van der Waals surface area contributed by atoms with Gasteiger partial charge in [0.2, 0.25) is 0 Å². The van der Waals surface area contributed by atoms with Crippen LogP contribution >= 0.6 is 0 Å². The number of carboxylic acid groups (broad SMARTS) is 1. The molecule has 2 rings (SSSR count). The van der Waals surface area contributed by atoms with E-state index in [9.17, 15) is 4.79 Å². The number of rotatable bonds is 5. The molecular weight excluding hydrogens is 256 g/mol. The first kappa shape index (κ1) is 13.9. The third-order valence-corrected chi connectivity index (χ3v) is 2.98. The fraction of sp³-hybridized carbons (Fsp3) is 0.200. The van der Waals surface area contributed by atoms with Gasteiger partial charge >= 0.3 is 5.97 Å². The third-order valence-electron chi connectivity index (χ3n) is 2.98. The second-order valence-electron chi connectivity index (χ2n) is 4.41. The van der Waals surface area contributed by atoms with Gasteiger partial charge in [-0.15, -0.1) is 0 Å². The molecule has 1 aromatic heterocycles. The molecule has 0 bridgehead atoms. The van der Waals surface area contributed by atoms with E-state index in [1.54, 1.807) is 13.2 Å². The van der Waals surface area contributed by atoms with E-state index in [1.165, 1.54) is 6.20 Å². The number of ether oxygens (including phenoxy) is 1. The van der Waals surface area contributed by atoms with Crippen molar-refractivity contribution < 1.29 is 14.6 Å². The van der Waals surface area contributed by atoms with Crippen LogP contribution in [0.5, 0.6) is 5.75 Å². The molecule has 0 saturated carbocycles. The molecule has 1 N–H and O–H groups in total. The molecule has 0 aliphatic heterocycles. The first-order chi connectivity index (χ1) is 9.60. The minimum Gasteiger partial charge on any atom is -0.497 e. The fourth-order valence-corrected chi connectivity index (χ4v) is 1.89. The molecule has 0 radical (unpaired) electrons. The molecule has 104 valence electrons. The molecular formula is C15H16N2O3. The SMILES string of the molecule is COc1ccc(N(C)Cc2ccnc(C(=O)O)c2)cc1. The molecule has 5 nitrogen and oxygen atoms in total. The van der Waals surface area contributed by atoms with Crippen LogP contribution in [-0.4, -0.2) is 30.2 Å². The lowest BCUT2D eigenvalue weighted by Crippen LogP contribution is -2.16. The minimum atomic E-state index is -1.01. The Bertz CT molecular complexity index is 596. The topological polar surface area (TPSA) is 62.7 Å². The van der Waals surface area contributed by atoms with Crippen molar-refractivity contribution in [3.05, 3.63) is 53.9 Å². The van der Waals surface area contributed by atoms with Gasteiger partial charge in [0.05, 0.1) is 7.11 Å². The number of carbonyl (C=O) groups is 1. The molecule has 2 aromatic rings. The summed E-state index contributed by atoms with van der Waals surface area (Å²) in [6.45, 7) is 0.606. The normalized spacial score (nSPS) is 10.1. The molecule has 0 fully saturated rings. The van der Waals surface area contributed by atoms with Gasteiger partial charge in [-0.1, -0.05) is 0 Å². The number of methoxy groups -OCH3 is 1. The average Bonchev–Trinajstić information content (AvgIpc) is 2.47. The molecule has 5 heteroatoms. The Kier molecular flexibility index (Phi) is 4.20. The summed E-state index contributed by atoms with van der Waals surface area (Å²) in [5.41, 5.74) is 1.99. The van der Waals surface area contributed by atoms with E-state index >= 15 is 0 Å². The van der Waals surface area contributed by atoms with Crippen LogP contribution in [0.4, 0.5) is 5.69 Å². The number of hydrogen-bond acceptors (Lipinski definition) is 4. The van der Waals surface area contributed by atoms with Gasteiger partial charge in [-0.05, 0) is 42.0 Å². The van der Waals surface area contributed by atoms with Gasteiger partial charge in [0, 0.05) is 25.5 Å². The predicted octanol–water partition coefficient (Wildman–Crippen LogP) is 2.42. The van der Waals surface area contributed by atoms with Crippen LogP contribution in [-0.2, 0) is 6.54 Å². The number of aromatic carboxylic acids is 1. The summed E-state index contributed by atoms with van der Waals surface area (Å²) in [7, 11) is 3.58. The Hall–Kier alpha value is -2.56. The smallest absolute Gasteiger partial charge is 0.354 e. The Morgan fingerprint density at radius 3 is 2.60 bits per heavy atom. The number of hydrogen-bond donors (Lipinski definition) is 1. The molecule has 1 aromatic carbocycles. The van der Waals surface area contributed by atoms with Crippen molar-refractivity contribution in [3.63, 3.8) is 0 Å². The summed E-state index contributed by atoms with van der Waals surface area (Å²) >= 11 is 0. The second kappa shape index (κ2) is 6.06. The van der Waals surface area contributed by atoms with Crippen molar-refractivity contribution in [1.82, 2.24) is 4.98 Å². The number of anilines is 1. The van der Waals surface area contributed by atoms with Gasteiger partial charge < -0.3 is 14.7 Å². The highest BCUT2D eigenvalue weighted by atomic mass is 16.5. The van der Waals surface area contributed by atoms with Gasteiger partial charge in [-0.2, -0.15) is 0 Å². The van der Waals surface area contributed by atoms with Crippen LogP contribution in [0.2, 0.25) is 0 Å². The lowest BCUT2D eigenvalue weighted by molar-refractivity contribution is 0.0690. The Balaban J connectivity index is 2.12. The van der Waals surface area contributed by atoms with Crippen LogP contribution in [0.3, 0.4) is 0 Å². The standard InChI is InChI=1S/C15H16N2O3/c1-17(12-3-5-13(20-2)6-4-12)10-11-7-8-16-14(9-11)15(18)19/h3-9H,10H2,1-2H3,(H,18,19). The van der Waals surface area contributed by atoms with Crippen LogP contribution in [0.25, 0.3) is 0 Å². The number of carboxylic acids is 1. The van der Waals surface area contributed by atoms with Crippen LogP contribution < -0.4 is 9.64 Å². The number of pyridine rings is 1. The second-order valence-corrected chi connectivity index (χ2v) is 4.41. The molecule has 0 saturated heterocycles. The number of benzene rings is 1. The zero-order valence-corrected chi connectivity index (χ0v) is 11.4. The molecule has 0 amide bonds. The monoisotopic (exact) mass is 272 g/mol. The lowest BCUT2D eigenvalue weighted by Gasteiger charge is -2.19. The predicted molar refractivity (Wildman–Crippen MR) is 76.3 cm³/mol. The van der Waals surface area contributed by atoms with Crippen molar-refractivity contribution >= 4 is 11.7 Å². The molecule has 1 heterocycles. The maximum Gasteiger partial charge on any atom is 0.354 e. The Morgan fingerprint density at radius 2 is 2.00 bits per heavy atom. The Morgan fingerprint density at radius 1 is 1.30 bits per heavy atom. The summed E-state index contributed by atoms with van der Waals surface area (Å²) in [5.74, 6) is -0.210. The largest absolute Gasteiger partial charge is 0.497 e. The van der Waals surface area contributed by atoms with E-state index in [0.717, 1.165) is 17.0 Å². The van der Waals surface area contributed by atoms with Crippen LogP contribution in [0, 0.1) is 0 Å². The molecule has 0 atom stereocenters. The zero-order valence-electron chi connectivity index (χ0n) is 11.4. The summed E-state index contributed by atoms with van der Waals surface area (Å²) in [5, 5.41) is 8.93. The van der Waals surface area contributed by atoms with Gasteiger partial charge in [-0.25, -0.2) is 9.78 Å². The average molecular weight is 272 g/mol. The number of aromatic nitrogens is 1. The van der Waals surface area contributed by atoms with Crippen molar-refractivity contribution in [3.8, 4) is 5.75 Å². The first-order valence-electron chi connectivity index (χ1n) is 6.13. The number of nitrogens with zero attached hydrogens (tertiary/aromatic N) is 2. The van der Waals surface area contributed by atoms with Crippen LogP contribution in [0.15, 0.2) is 42.6 Å². The highest BCUT2D eigenvalue weighted by Gasteiger charge is 2.07. The van der Waals surface area contributed by atoms with Crippen molar-refractivity contribution in [2.45, 2.75) is 6.54 Å². The fourth-order valence-electron chi connectivity index (χ4n) is 1.89. The summed E-state index contributed by atoms with van der Waals surface area (Å²) in [6.07, 6.45) is 1.51. The summed E-state index contributed by atoms with van der Waals surface area (Å²) in [6, 6.07) is 11.1. The maximum absolute atomic E-state index is 10.9. The Labute approximate surface area is 117 Å². The molecule has 0 aliphatic rings. The van der Waals surface area contributed by atoms with E-state index < -0.39 is 5.97 Å². The minimum absolute atomic E-state index is 0.0608. The zero-order chi connectivity index (χ0) is 14.5. The summed E-state index contributed by atoms with van der Waals surface area (Å²) in [4.78, 5) is 16.7. The maximum atomic E-state index is 10.9. The van der Waals surface area contributed by atoms with Gasteiger partial charge in [0.1, 0.15) is 11.4 Å². The van der Waals surface area contributed by atoms with Crippen molar-refractivity contribution in [1.29, 1.82) is 0 Å². The van der Waals surface area contributed by atoms with Crippen LogP contribution in [0.1, 0.15) is 16.1 Å². The lowest BCUT2D eigenvalue weighted by atomic mass is 10.2. The van der Waals surface area contributed by atoms with E-state index in [0.29, 0.717) is 6.54 Å². The van der Waals surface area contributed by atoms with E-state index in [4.69, 9.17) is 9.84 Å². The molecule has 0 unspecified atom stereocenters. The van der Waals surface area contributed by atoms with E-state index in [2.05, 4.69) is 4.98 Å². The summed E-state index contributed by atoms with van der Waals surface area (Å²) < 4.78 is 5.12. The first-order valence-corrected chi connectivity index (χ1v) is 6.13. The molecule has 0 aliphatic carbocycles. The quantitative estimate of drug-likeness (QED) is 0.905. The van der Waals surface area contributed by atoms with Crippen molar-refractivity contribution in [2.75, 3.05) is 19.1 Å². The van der Waals surface area contributed by atoms with Gasteiger partial charge in [0.15, 0.2) is 0 Å². The molecule has 20 heavy (non-hydrogen) atoms. The van der Waals surface area contributed by atoms with Gasteiger partial charge in [-0.3, -0.25) is 0 Å². The van der Waals surface area contributed by atoms with E-state index in [-0.39, 0.29) is 5.69 Å². The highest BCUT2D eigenvalue weighted by molar-refractivity contribution is 5.85. The highest BCUT2D eigenvalue weighted by Crippen LogP contribution is 2.19. The van der Waals surface area contributed by atoms with E-state index in [1.807, 2.05) is 42.3 Å². The molecule has 0 spiro atoms. The third kappa shape index (κ3) is 3.26.